The van der Waals surface area contributed by atoms with Gasteiger partial charge in [0.05, 0.1) is 4.92 Å². The third kappa shape index (κ3) is 3.70. The summed E-state index contributed by atoms with van der Waals surface area (Å²) in [6.45, 7) is 1.41. The van der Waals surface area contributed by atoms with Crippen molar-refractivity contribution in [3.05, 3.63) is 32.8 Å². The molecule has 2 rings (SSSR count). The fraction of sp³-hybridized carbons (Fsp3) is 0.462. The number of rotatable bonds is 7. The van der Waals surface area contributed by atoms with Crippen molar-refractivity contribution in [1.82, 2.24) is 5.32 Å². The maximum Gasteiger partial charge on any atom is 0.327 e. The molecule has 0 aliphatic heterocycles. The highest BCUT2D eigenvalue weighted by molar-refractivity contribution is 9.10. The molecule has 0 amide bonds. The molecule has 1 aliphatic rings. The van der Waals surface area contributed by atoms with E-state index < -0.39 is 16.4 Å². The van der Waals surface area contributed by atoms with E-state index in [1.54, 1.807) is 13.0 Å². The first-order valence-electron chi connectivity index (χ1n) is 6.40. The molecular weight excluding hydrogens is 344 g/mol. The van der Waals surface area contributed by atoms with E-state index in [2.05, 4.69) is 21.2 Å². The average Bonchev–Trinajstić information content (AvgIpc) is 3.20. The van der Waals surface area contributed by atoms with E-state index in [1.807, 2.05) is 0 Å². The third-order valence-electron chi connectivity index (χ3n) is 3.23. The van der Waals surface area contributed by atoms with Crippen LogP contribution in [0.3, 0.4) is 0 Å². The lowest BCUT2D eigenvalue weighted by Crippen LogP contribution is -2.54. The lowest BCUT2D eigenvalue weighted by atomic mass is 10.0. The second-order valence-corrected chi connectivity index (χ2v) is 5.98. The summed E-state index contributed by atoms with van der Waals surface area (Å²) in [4.78, 5) is 21.7. The highest BCUT2D eigenvalue weighted by atomic mass is 79.9. The van der Waals surface area contributed by atoms with E-state index in [9.17, 15) is 20.0 Å². The molecule has 1 saturated carbocycles. The standard InChI is InChI=1S/C13H15BrN2O5/c1-13(12(17)18,15-8-5-6-8)7-21-10-4-2-3-9(11(10)14)16(19)20/h2-4,8,15H,5-7H2,1H3,(H,17,18). The van der Waals surface area contributed by atoms with Gasteiger partial charge < -0.3 is 9.84 Å². The second-order valence-electron chi connectivity index (χ2n) is 5.19. The molecular formula is C13H15BrN2O5. The topological polar surface area (TPSA) is 102 Å². The molecule has 0 aromatic heterocycles. The van der Waals surface area contributed by atoms with Crippen LogP contribution in [0.5, 0.6) is 5.75 Å². The molecule has 0 saturated heterocycles. The summed E-state index contributed by atoms with van der Waals surface area (Å²) in [7, 11) is 0. The normalized spacial score (nSPS) is 17.0. The predicted octanol–water partition coefficient (Wildman–Crippen LogP) is 2.33. The van der Waals surface area contributed by atoms with Crippen LogP contribution in [0.25, 0.3) is 0 Å². The highest BCUT2D eigenvalue weighted by Crippen LogP contribution is 2.34. The van der Waals surface area contributed by atoms with Gasteiger partial charge in [-0.1, -0.05) is 6.07 Å². The van der Waals surface area contributed by atoms with Crippen LogP contribution >= 0.6 is 15.9 Å². The number of ether oxygens (including phenoxy) is 1. The molecule has 1 aromatic rings. The quantitative estimate of drug-likeness (QED) is 0.572. The van der Waals surface area contributed by atoms with Crippen LogP contribution in [-0.4, -0.2) is 34.2 Å². The van der Waals surface area contributed by atoms with Crippen LogP contribution in [-0.2, 0) is 4.79 Å². The lowest BCUT2D eigenvalue weighted by Gasteiger charge is -2.26. The number of halogens is 1. The van der Waals surface area contributed by atoms with Gasteiger partial charge >= 0.3 is 5.97 Å². The van der Waals surface area contributed by atoms with Crippen LogP contribution in [0.4, 0.5) is 5.69 Å². The van der Waals surface area contributed by atoms with Gasteiger partial charge in [-0.2, -0.15) is 0 Å². The molecule has 8 heteroatoms. The molecule has 1 aliphatic carbocycles. The average molecular weight is 359 g/mol. The molecule has 7 nitrogen and oxygen atoms in total. The van der Waals surface area contributed by atoms with Crippen LogP contribution in [0.15, 0.2) is 22.7 Å². The van der Waals surface area contributed by atoms with Gasteiger partial charge in [-0.25, -0.2) is 0 Å². The summed E-state index contributed by atoms with van der Waals surface area (Å²) in [5, 5.41) is 23.2. The number of hydrogen-bond donors (Lipinski definition) is 2. The second kappa shape index (κ2) is 5.98. The number of aliphatic carboxylic acids is 1. The molecule has 0 bridgehead atoms. The fourth-order valence-corrected chi connectivity index (χ4v) is 2.34. The molecule has 21 heavy (non-hydrogen) atoms. The van der Waals surface area contributed by atoms with Gasteiger partial charge in [0, 0.05) is 12.1 Å². The Kier molecular flexibility index (Phi) is 4.48. The number of carbonyl (C=O) groups is 1. The number of nitrogens with one attached hydrogen (secondary N) is 1. The van der Waals surface area contributed by atoms with E-state index in [4.69, 9.17) is 4.74 Å². The fourth-order valence-electron chi connectivity index (χ4n) is 1.82. The number of carboxylic acid groups (broad SMARTS) is 1. The first-order valence-corrected chi connectivity index (χ1v) is 7.19. The number of nitro benzene ring substituents is 1. The first kappa shape index (κ1) is 15.7. The molecule has 0 spiro atoms. The van der Waals surface area contributed by atoms with Crippen LogP contribution < -0.4 is 10.1 Å². The highest BCUT2D eigenvalue weighted by Gasteiger charge is 2.39. The molecule has 1 unspecified atom stereocenters. The molecule has 1 fully saturated rings. The van der Waals surface area contributed by atoms with Gasteiger partial charge in [-0.05, 0) is 41.8 Å². The Labute approximate surface area is 129 Å². The van der Waals surface area contributed by atoms with Crippen molar-refractivity contribution in [1.29, 1.82) is 0 Å². The van der Waals surface area contributed by atoms with E-state index in [1.165, 1.54) is 12.1 Å². The van der Waals surface area contributed by atoms with Crippen molar-refractivity contribution in [3.63, 3.8) is 0 Å². The summed E-state index contributed by atoms with van der Waals surface area (Å²) in [6, 6.07) is 4.58. The molecule has 1 atom stereocenters. The Hall–Kier alpha value is -1.67. The lowest BCUT2D eigenvalue weighted by molar-refractivity contribution is -0.385. The maximum absolute atomic E-state index is 11.4. The van der Waals surface area contributed by atoms with E-state index in [0.717, 1.165) is 12.8 Å². The number of nitro groups is 1. The minimum Gasteiger partial charge on any atom is -0.490 e. The van der Waals surface area contributed by atoms with Crippen molar-refractivity contribution >= 4 is 27.6 Å². The summed E-state index contributed by atoms with van der Waals surface area (Å²) in [5.41, 5.74) is -1.36. The summed E-state index contributed by atoms with van der Waals surface area (Å²) < 4.78 is 5.69. The first-order chi connectivity index (χ1) is 9.83. The molecule has 1 aromatic carbocycles. The number of carboxylic acids is 1. The summed E-state index contributed by atoms with van der Waals surface area (Å²) in [6.07, 6.45) is 1.90. The SMILES string of the molecule is CC(COc1cccc([N+](=O)[O-])c1Br)(NC1CC1)C(=O)O. The minimum atomic E-state index is -1.23. The van der Waals surface area contributed by atoms with Crippen LogP contribution in [0.2, 0.25) is 0 Å². The third-order valence-corrected chi connectivity index (χ3v) is 4.03. The molecule has 2 N–H and O–H groups in total. The van der Waals surface area contributed by atoms with Gasteiger partial charge in [0.2, 0.25) is 0 Å². The predicted molar refractivity (Wildman–Crippen MR) is 78.5 cm³/mol. The number of benzene rings is 1. The largest absolute Gasteiger partial charge is 0.490 e. The van der Waals surface area contributed by atoms with Gasteiger partial charge in [0.15, 0.2) is 0 Å². The van der Waals surface area contributed by atoms with Crippen molar-refractivity contribution in [3.8, 4) is 5.75 Å². The Morgan fingerprint density at radius 2 is 2.29 bits per heavy atom. The van der Waals surface area contributed by atoms with E-state index in [-0.39, 0.29) is 28.6 Å². The van der Waals surface area contributed by atoms with Crippen LogP contribution in [0, 0.1) is 10.1 Å². The smallest absolute Gasteiger partial charge is 0.327 e. The van der Waals surface area contributed by atoms with Gasteiger partial charge in [-0.3, -0.25) is 20.2 Å². The molecule has 114 valence electrons. The van der Waals surface area contributed by atoms with Crippen LogP contribution in [0.1, 0.15) is 19.8 Å². The van der Waals surface area contributed by atoms with Crippen molar-refractivity contribution in [2.24, 2.45) is 0 Å². The van der Waals surface area contributed by atoms with Crippen molar-refractivity contribution in [2.75, 3.05) is 6.61 Å². The molecule has 0 radical (unpaired) electrons. The zero-order valence-corrected chi connectivity index (χ0v) is 12.9. The Bertz CT molecular complexity index is 576. The summed E-state index contributed by atoms with van der Waals surface area (Å²) in [5.74, 6) is -0.773. The monoisotopic (exact) mass is 358 g/mol. The minimum absolute atomic E-state index is 0.125. The zero-order valence-electron chi connectivity index (χ0n) is 11.3. The Balaban J connectivity index is 2.12. The Morgan fingerprint density at radius 1 is 1.62 bits per heavy atom. The van der Waals surface area contributed by atoms with Gasteiger partial charge in [-0.15, -0.1) is 0 Å². The van der Waals surface area contributed by atoms with Gasteiger partial charge in [0.25, 0.3) is 5.69 Å². The number of nitrogens with zero attached hydrogens (tertiary/aromatic N) is 1. The maximum atomic E-state index is 11.4. The number of hydrogen-bond acceptors (Lipinski definition) is 5. The van der Waals surface area contributed by atoms with E-state index >= 15 is 0 Å². The van der Waals surface area contributed by atoms with Gasteiger partial charge in [0.1, 0.15) is 22.4 Å². The Morgan fingerprint density at radius 3 is 2.81 bits per heavy atom. The van der Waals surface area contributed by atoms with Crippen molar-refractivity contribution in [2.45, 2.75) is 31.3 Å². The van der Waals surface area contributed by atoms with Crippen molar-refractivity contribution < 1.29 is 19.6 Å². The zero-order chi connectivity index (χ0) is 15.6. The summed E-state index contributed by atoms with van der Waals surface area (Å²) >= 11 is 3.12. The molecule has 0 heterocycles. The van der Waals surface area contributed by atoms with E-state index in [0.29, 0.717) is 0 Å².